The molecule has 0 saturated heterocycles. The zero-order valence-corrected chi connectivity index (χ0v) is 49.1. The summed E-state index contributed by atoms with van der Waals surface area (Å²) in [5.41, 5.74) is 11.6. The van der Waals surface area contributed by atoms with Gasteiger partial charge in [-0.2, -0.15) is 31.4 Å². The van der Waals surface area contributed by atoms with Crippen LogP contribution in [-0.2, 0) is 60.4 Å². The Labute approximate surface area is 440 Å². The van der Waals surface area contributed by atoms with Gasteiger partial charge in [0.15, 0.2) is 0 Å². The maximum Gasteiger partial charge on any atom is 0.0572 e. The third-order valence-corrected chi connectivity index (χ3v) is 19.1. The Morgan fingerprint density at radius 1 is 0.446 bits per heavy atom. The molecule has 1 aliphatic carbocycles. The van der Waals surface area contributed by atoms with Crippen LogP contribution in [0.25, 0.3) is 73.6 Å². The van der Waals surface area contributed by atoms with Gasteiger partial charge in [0.25, 0.3) is 0 Å². The Morgan fingerprint density at radius 3 is 1.26 bits per heavy atom. The average Bonchev–Trinajstić information content (AvgIpc) is 4.17. The second-order valence-electron chi connectivity index (χ2n) is 17.6. The third kappa shape index (κ3) is 10.9. The van der Waals surface area contributed by atoms with Crippen LogP contribution in [0.1, 0.15) is 164 Å². The van der Waals surface area contributed by atoms with Gasteiger partial charge in [0.1, 0.15) is 0 Å². The fourth-order valence-electron chi connectivity index (χ4n) is 9.73. The zero-order valence-electron chi connectivity index (χ0n) is 38.3. The molecule has 0 unspecified atom stereocenters. The average molecular weight is 1310 g/mol. The van der Waals surface area contributed by atoms with Crippen LogP contribution in [0.4, 0.5) is 0 Å². The van der Waals surface area contributed by atoms with Gasteiger partial charge in [0.05, 0.1) is 23.5 Å². The number of aryl methyl sites for hydroxylation is 2. The Morgan fingerprint density at radius 2 is 0.846 bits per heavy atom. The number of rotatable bonds is 24. The van der Waals surface area contributed by atoms with Crippen molar-refractivity contribution in [1.29, 1.82) is 0 Å². The summed E-state index contributed by atoms with van der Waals surface area (Å²) in [6.45, 7) is 9.21. The van der Waals surface area contributed by atoms with Gasteiger partial charge in [-0.25, -0.2) is 8.75 Å². The van der Waals surface area contributed by atoms with E-state index in [1.54, 1.807) is 11.1 Å². The monoisotopic (exact) mass is 1310 g/mol. The summed E-state index contributed by atoms with van der Waals surface area (Å²) in [6.07, 6.45) is 25.1. The van der Waals surface area contributed by atoms with Crippen LogP contribution in [0.3, 0.4) is 0 Å². The van der Waals surface area contributed by atoms with Gasteiger partial charge in [0, 0.05) is 79.4 Å². The molecule has 0 bridgehead atoms. The van der Waals surface area contributed by atoms with E-state index >= 15 is 0 Å². The Balaban J connectivity index is 0.00000315. The van der Waals surface area contributed by atoms with E-state index in [9.17, 15) is 0 Å². The van der Waals surface area contributed by atoms with Gasteiger partial charge in [0.2, 0.25) is 0 Å². The molecular weight excluding hydrogens is 1250 g/mol. The van der Waals surface area contributed by atoms with E-state index in [4.69, 9.17) is 17.5 Å². The van der Waals surface area contributed by atoms with Gasteiger partial charge >= 0.3 is 0 Å². The van der Waals surface area contributed by atoms with Crippen LogP contribution in [0.2, 0.25) is 0 Å². The molecule has 8 aromatic rings. The number of hydrogen-bond acceptors (Lipinski definition) is 10. The van der Waals surface area contributed by atoms with Crippen molar-refractivity contribution in [2.24, 2.45) is 0 Å². The van der Waals surface area contributed by atoms with Crippen molar-refractivity contribution in [3.8, 4) is 51.5 Å². The number of benzene rings is 2. The van der Waals surface area contributed by atoms with Crippen LogP contribution >= 0.6 is 68.8 Å². The summed E-state index contributed by atoms with van der Waals surface area (Å²) in [5, 5.41) is 0. The first kappa shape index (κ1) is 51.1. The molecule has 0 N–H and O–H groups in total. The second kappa shape index (κ2) is 24.2. The van der Waals surface area contributed by atoms with Crippen LogP contribution in [0.15, 0.2) is 48.5 Å². The molecule has 12 heteroatoms. The quantitative estimate of drug-likeness (QED) is 0.0447. The molecular formula is C53H60N4S6W2-2. The van der Waals surface area contributed by atoms with E-state index in [0.29, 0.717) is 0 Å². The summed E-state index contributed by atoms with van der Waals surface area (Å²) in [5.74, 6) is 0. The predicted molar refractivity (Wildman–Crippen MR) is 279 cm³/mol. The second-order valence-corrected chi connectivity index (χ2v) is 23.1. The number of thiophene rings is 4. The number of fused-ring (bicyclic) bond motifs is 5. The molecule has 0 atom stereocenters. The van der Waals surface area contributed by atoms with Crippen molar-refractivity contribution in [3.05, 3.63) is 81.5 Å². The van der Waals surface area contributed by atoms with Gasteiger partial charge in [-0.3, -0.25) is 0 Å². The summed E-state index contributed by atoms with van der Waals surface area (Å²) < 4.78 is 19.8. The molecule has 0 spiro atoms. The molecule has 9 rings (SSSR count). The van der Waals surface area contributed by atoms with Gasteiger partial charge < -0.3 is 0 Å². The molecule has 2 aromatic carbocycles. The fraction of sp³-hybridized carbons (Fsp3) is 0.472. The first-order valence-electron chi connectivity index (χ1n) is 23.9. The first-order valence-corrected chi connectivity index (χ1v) is 28.6. The molecule has 1 aliphatic rings. The van der Waals surface area contributed by atoms with Crippen molar-refractivity contribution in [2.45, 2.75) is 162 Å². The molecule has 342 valence electrons. The van der Waals surface area contributed by atoms with E-state index in [2.05, 4.69) is 88.4 Å². The molecule has 0 fully saturated rings. The Kier molecular flexibility index (Phi) is 19.0. The molecule has 0 saturated carbocycles. The van der Waals surface area contributed by atoms with E-state index in [1.807, 2.05) is 45.3 Å². The molecule has 0 aliphatic heterocycles. The number of nitrogens with zero attached hydrogens (tertiary/aromatic N) is 4. The molecule has 6 aromatic heterocycles. The van der Waals surface area contributed by atoms with Crippen molar-refractivity contribution in [2.75, 3.05) is 0 Å². The molecule has 0 amide bonds. The van der Waals surface area contributed by atoms with Crippen LogP contribution in [-0.4, -0.2) is 17.5 Å². The largest absolute Gasteiger partial charge is 0.224 e. The summed E-state index contributed by atoms with van der Waals surface area (Å²) >= 11 is 10.4. The van der Waals surface area contributed by atoms with Crippen LogP contribution in [0, 0.1) is 12.1 Å². The van der Waals surface area contributed by atoms with E-state index in [0.717, 1.165) is 46.0 Å². The zero-order chi connectivity index (χ0) is 43.2. The van der Waals surface area contributed by atoms with Crippen LogP contribution in [0.5, 0.6) is 0 Å². The van der Waals surface area contributed by atoms with E-state index in [1.165, 1.54) is 189 Å². The molecule has 4 nitrogen and oxygen atoms in total. The van der Waals surface area contributed by atoms with E-state index in [-0.39, 0.29) is 47.5 Å². The van der Waals surface area contributed by atoms with E-state index < -0.39 is 0 Å². The van der Waals surface area contributed by atoms with Gasteiger partial charge in [-0.05, 0) is 91.0 Å². The number of unbranched alkanes of at least 4 members (excludes halogenated alkanes) is 12. The normalized spacial score (nSPS) is 12.8. The smallest absolute Gasteiger partial charge is 0.0572 e. The topological polar surface area (TPSA) is 51.6 Å². The van der Waals surface area contributed by atoms with Crippen molar-refractivity contribution in [3.63, 3.8) is 0 Å². The van der Waals surface area contributed by atoms with Gasteiger partial charge in [-0.15, -0.1) is 58.1 Å². The summed E-state index contributed by atoms with van der Waals surface area (Å²) in [7, 11) is 0. The van der Waals surface area contributed by atoms with Crippen molar-refractivity contribution >= 4 is 90.9 Å². The Bertz CT molecular complexity index is 2560. The summed E-state index contributed by atoms with van der Waals surface area (Å²) in [4.78, 5) is 10.9. The maximum absolute atomic E-state index is 4.99. The van der Waals surface area contributed by atoms with Crippen molar-refractivity contribution in [1.82, 2.24) is 17.5 Å². The Hall–Kier alpha value is -1.74. The SMILES string of the molecule is CCCCCCc1ccc(-c2[c-]cc(-c3cc4c(s3)-c3sc(-c5c[c-]c(-c6ccc(CCCCCC)s6)c6nsnc56)cc3C4(CCCCCC)CCCCCC)c3nsnc23)s1.[W].[W]. The summed E-state index contributed by atoms with van der Waals surface area (Å²) in [6, 6.07) is 26.3. The van der Waals surface area contributed by atoms with Gasteiger partial charge in [-0.1, -0.05) is 153 Å². The van der Waals surface area contributed by atoms with Crippen molar-refractivity contribution < 1.29 is 42.1 Å². The minimum atomic E-state index is -0.0170. The fourth-order valence-corrected chi connectivity index (χ4v) is 15.7. The number of hydrogen-bond donors (Lipinski definition) is 0. The maximum atomic E-state index is 4.99. The molecule has 6 heterocycles. The molecule has 65 heavy (non-hydrogen) atoms. The third-order valence-electron chi connectivity index (χ3n) is 13.2. The molecule has 0 radical (unpaired) electrons. The first-order chi connectivity index (χ1) is 31.1. The number of aromatic nitrogens is 4. The minimum absolute atomic E-state index is 0. The predicted octanol–water partition coefficient (Wildman–Crippen LogP) is 18.7. The standard InChI is InChI=1S/C53H60N4S6.2W/c1-5-9-13-17-21-35-23-29-43(58-35)37-25-27-39(49-47(37)54-62-56-49)45-33-41-51(60-45)52-42(53(41,31-19-15-11-7-3)32-20-16-12-8-4)34-46(61-52)40-28-26-38(48-50(40)57-63-55-48)44-30-24-36(59-44)22-18-14-10-6-2;;/h23-24,27-30,33-34H,5-22,31-32H2,1-4H3;;/q-2;;. The van der Waals surface area contributed by atoms with Crippen LogP contribution < -0.4 is 0 Å². The minimum Gasteiger partial charge on any atom is -0.224 e.